The Morgan fingerprint density at radius 3 is 2.47 bits per heavy atom. The van der Waals surface area contributed by atoms with E-state index < -0.39 is 4.92 Å². The largest absolute Gasteiger partial charge is 0.376 e. The first-order chi connectivity index (χ1) is 8.09. The highest BCUT2D eigenvalue weighted by molar-refractivity contribution is 7.80. The molecule has 6 heteroatoms. The first kappa shape index (κ1) is 11.3. The third-order valence-corrected chi connectivity index (χ3v) is 2.46. The van der Waals surface area contributed by atoms with E-state index in [2.05, 4.69) is 5.32 Å². The molecule has 0 aliphatic carbocycles. The lowest BCUT2D eigenvalue weighted by atomic mass is 10.1. The van der Waals surface area contributed by atoms with Gasteiger partial charge in [-0.2, -0.15) is 0 Å². The number of nitrogens with two attached hydrogens (primary N) is 1. The fourth-order valence-corrected chi connectivity index (χ4v) is 1.79. The molecular formula is C11H9N3O2S. The standard InChI is InChI=1S/C11H9N3O2S/c12-11(17)13-9-5-6-10(14(15)16)8-4-2-1-3-7(8)9/h1-6H,(H3,12,13,17). The van der Waals surface area contributed by atoms with Crippen LogP contribution >= 0.6 is 12.2 Å². The highest BCUT2D eigenvalue weighted by Gasteiger charge is 2.13. The fourth-order valence-electron chi connectivity index (χ4n) is 1.68. The fraction of sp³-hybridized carbons (Fsp3) is 0. The molecule has 2 rings (SSSR count). The molecule has 17 heavy (non-hydrogen) atoms. The summed E-state index contributed by atoms with van der Waals surface area (Å²) < 4.78 is 0. The number of fused-ring (bicyclic) bond motifs is 1. The SMILES string of the molecule is NC(=S)Nc1ccc([N+](=O)[O-])c2ccccc12. The van der Waals surface area contributed by atoms with E-state index in [9.17, 15) is 10.1 Å². The van der Waals surface area contributed by atoms with E-state index in [0.29, 0.717) is 11.1 Å². The van der Waals surface area contributed by atoms with E-state index in [1.54, 1.807) is 30.3 Å². The molecule has 0 aliphatic rings. The smallest absolute Gasteiger partial charge is 0.277 e. The van der Waals surface area contributed by atoms with E-state index in [-0.39, 0.29) is 10.8 Å². The summed E-state index contributed by atoms with van der Waals surface area (Å²) in [6.45, 7) is 0. The lowest BCUT2D eigenvalue weighted by Crippen LogP contribution is -2.19. The zero-order chi connectivity index (χ0) is 12.4. The Kier molecular flexibility index (Phi) is 2.88. The highest BCUT2D eigenvalue weighted by atomic mass is 32.1. The number of hydrogen-bond donors (Lipinski definition) is 2. The van der Waals surface area contributed by atoms with Gasteiger partial charge in [-0.3, -0.25) is 10.1 Å². The van der Waals surface area contributed by atoms with E-state index in [0.717, 1.165) is 5.39 Å². The van der Waals surface area contributed by atoms with Crippen LogP contribution in [0.25, 0.3) is 10.8 Å². The maximum Gasteiger partial charge on any atom is 0.277 e. The summed E-state index contributed by atoms with van der Waals surface area (Å²) in [5.41, 5.74) is 6.13. The number of hydrogen-bond acceptors (Lipinski definition) is 3. The predicted molar refractivity (Wildman–Crippen MR) is 71.0 cm³/mol. The molecule has 0 saturated heterocycles. The summed E-state index contributed by atoms with van der Waals surface area (Å²) >= 11 is 4.76. The van der Waals surface area contributed by atoms with Crippen molar-refractivity contribution < 1.29 is 4.92 Å². The number of benzene rings is 2. The second kappa shape index (κ2) is 4.34. The summed E-state index contributed by atoms with van der Waals surface area (Å²) in [6, 6.07) is 10.1. The second-order valence-electron chi connectivity index (χ2n) is 3.42. The van der Waals surface area contributed by atoms with Gasteiger partial charge in [0.2, 0.25) is 0 Å². The van der Waals surface area contributed by atoms with Gasteiger partial charge >= 0.3 is 0 Å². The third-order valence-electron chi connectivity index (χ3n) is 2.36. The molecule has 0 aromatic heterocycles. The maximum absolute atomic E-state index is 10.9. The molecular weight excluding hydrogens is 238 g/mol. The Morgan fingerprint density at radius 2 is 1.88 bits per heavy atom. The average Bonchev–Trinajstić information content (AvgIpc) is 2.28. The molecule has 0 fully saturated rings. The molecule has 5 nitrogen and oxygen atoms in total. The molecule has 0 heterocycles. The van der Waals surface area contributed by atoms with E-state index in [4.69, 9.17) is 18.0 Å². The van der Waals surface area contributed by atoms with Crippen molar-refractivity contribution in [3.63, 3.8) is 0 Å². The number of nitro groups is 1. The molecule has 0 atom stereocenters. The molecule has 0 bridgehead atoms. The van der Waals surface area contributed by atoms with Crippen LogP contribution < -0.4 is 11.1 Å². The van der Waals surface area contributed by atoms with Crippen LogP contribution in [0, 0.1) is 10.1 Å². The van der Waals surface area contributed by atoms with Gasteiger partial charge < -0.3 is 11.1 Å². The van der Waals surface area contributed by atoms with Gasteiger partial charge in [0.15, 0.2) is 5.11 Å². The zero-order valence-corrected chi connectivity index (χ0v) is 9.53. The number of non-ortho nitro benzene ring substituents is 1. The minimum absolute atomic E-state index is 0.0640. The van der Waals surface area contributed by atoms with Crippen LogP contribution in [0.3, 0.4) is 0 Å². The Bertz CT molecular complexity index is 613. The van der Waals surface area contributed by atoms with Crippen LogP contribution in [0.15, 0.2) is 36.4 Å². The van der Waals surface area contributed by atoms with Crippen molar-refractivity contribution in [2.45, 2.75) is 0 Å². The van der Waals surface area contributed by atoms with Gasteiger partial charge in [-0.1, -0.05) is 18.2 Å². The topological polar surface area (TPSA) is 81.2 Å². The van der Waals surface area contributed by atoms with Crippen LogP contribution in [0.4, 0.5) is 11.4 Å². The Labute approximate surface area is 102 Å². The summed E-state index contributed by atoms with van der Waals surface area (Å²) in [4.78, 5) is 10.5. The van der Waals surface area contributed by atoms with Crippen molar-refractivity contribution in [3.8, 4) is 0 Å². The van der Waals surface area contributed by atoms with Gasteiger partial charge in [-0.15, -0.1) is 0 Å². The van der Waals surface area contributed by atoms with Crippen molar-refractivity contribution in [1.29, 1.82) is 0 Å². The van der Waals surface area contributed by atoms with Crippen molar-refractivity contribution in [2.75, 3.05) is 5.32 Å². The summed E-state index contributed by atoms with van der Waals surface area (Å²) in [6.07, 6.45) is 0. The van der Waals surface area contributed by atoms with E-state index in [1.165, 1.54) is 6.07 Å². The van der Waals surface area contributed by atoms with Gasteiger partial charge in [0.05, 0.1) is 10.3 Å². The van der Waals surface area contributed by atoms with Gasteiger partial charge in [0.1, 0.15) is 0 Å². The quantitative estimate of drug-likeness (QED) is 0.484. The number of nitrogens with one attached hydrogen (secondary N) is 1. The number of anilines is 1. The maximum atomic E-state index is 10.9. The molecule has 2 aromatic rings. The monoisotopic (exact) mass is 247 g/mol. The summed E-state index contributed by atoms with van der Waals surface area (Å²) in [5.74, 6) is 0. The van der Waals surface area contributed by atoms with Crippen LogP contribution in [0.2, 0.25) is 0 Å². The summed E-state index contributed by atoms with van der Waals surface area (Å²) in [5, 5.41) is 15.1. The predicted octanol–water partition coefficient (Wildman–Crippen LogP) is 2.40. The molecule has 0 aliphatic heterocycles. The molecule has 2 aromatic carbocycles. The van der Waals surface area contributed by atoms with Crippen molar-refractivity contribution in [2.24, 2.45) is 5.73 Å². The normalized spacial score (nSPS) is 10.1. The van der Waals surface area contributed by atoms with Crippen molar-refractivity contribution >= 4 is 39.5 Å². The zero-order valence-electron chi connectivity index (χ0n) is 8.71. The number of nitro benzene ring substituents is 1. The van der Waals surface area contributed by atoms with Gasteiger partial charge in [-0.25, -0.2) is 0 Å². The van der Waals surface area contributed by atoms with Crippen LogP contribution in [-0.4, -0.2) is 10.0 Å². The van der Waals surface area contributed by atoms with Gasteiger partial charge in [-0.05, 0) is 24.4 Å². The lowest BCUT2D eigenvalue weighted by Gasteiger charge is -2.08. The van der Waals surface area contributed by atoms with Crippen LogP contribution in [0.1, 0.15) is 0 Å². The average molecular weight is 247 g/mol. The number of thiocarbonyl (C=S) groups is 1. The first-order valence-electron chi connectivity index (χ1n) is 4.82. The Balaban J connectivity index is 2.70. The van der Waals surface area contributed by atoms with E-state index >= 15 is 0 Å². The molecule has 0 spiro atoms. The third kappa shape index (κ3) is 2.16. The number of nitrogens with zero attached hydrogens (tertiary/aromatic N) is 1. The highest BCUT2D eigenvalue weighted by Crippen LogP contribution is 2.31. The second-order valence-corrected chi connectivity index (χ2v) is 3.86. The minimum atomic E-state index is -0.410. The van der Waals surface area contributed by atoms with Crippen molar-refractivity contribution in [3.05, 3.63) is 46.5 Å². The first-order valence-corrected chi connectivity index (χ1v) is 5.23. The minimum Gasteiger partial charge on any atom is -0.376 e. The molecule has 0 saturated carbocycles. The van der Waals surface area contributed by atoms with Crippen LogP contribution in [-0.2, 0) is 0 Å². The Hall–Kier alpha value is -2.21. The Morgan fingerprint density at radius 1 is 1.24 bits per heavy atom. The number of rotatable bonds is 2. The summed E-state index contributed by atoms with van der Waals surface area (Å²) in [7, 11) is 0. The lowest BCUT2D eigenvalue weighted by molar-refractivity contribution is -0.383. The molecule has 86 valence electrons. The van der Waals surface area contributed by atoms with E-state index in [1.807, 2.05) is 0 Å². The van der Waals surface area contributed by atoms with Gasteiger partial charge in [0, 0.05) is 17.1 Å². The molecule has 3 N–H and O–H groups in total. The van der Waals surface area contributed by atoms with Crippen LogP contribution in [0.5, 0.6) is 0 Å². The van der Waals surface area contributed by atoms with Crippen molar-refractivity contribution in [1.82, 2.24) is 0 Å². The molecule has 0 unspecified atom stereocenters. The molecule has 0 radical (unpaired) electrons. The molecule has 0 amide bonds. The van der Waals surface area contributed by atoms with Gasteiger partial charge in [0.25, 0.3) is 5.69 Å².